The molecule has 1 fully saturated rings. The van der Waals surface area contributed by atoms with E-state index in [1.165, 1.54) is 38.4 Å². The van der Waals surface area contributed by atoms with Crippen LogP contribution in [0.25, 0.3) is 0 Å². The van der Waals surface area contributed by atoms with Crippen LogP contribution in [0.2, 0.25) is 0 Å². The van der Waals surface area contributed by atoms with Crippen LogP contribution in [0.15, 0.2) is 12.3 Å². The van der Waals surface area contributed by atoms with Crippen molar-refractivity contribution in [1.29, 1.82) is 0 Å². The lowest BCUT2D eigenvalue weighted by Crippen LogP contribution is -2.40. The zero-order valence-electron chi connectivity index (χ0n) is 14.7. The number of fused-ring (bicyclic) bond motifs is 1. The van der Waals surface area contributed by atoms with E-state index in [0.717, 1.165) is 13.0 Å². The first-order valence-electron chi connectivity index (χ1n) is 9.12. The molecule has 1 aromatic rings. The SMILES string of the molecule is CCC1CCCCN1CCCNC(=O)c1cnc2c(c1)NC(=O)CO2. The number of carbonyl (C=O) groups excluding carboxylic acids is 2. The second-order valence-corrected chi connectivity index (χ2v) is 6.62. The van der Waals surface area contributed by atoms with Gasteiger partial charge in [0.2, 0.25) is 5.88 Å². The highest BCUT2D eigenvalue weighted by molar-refractivity contribution is 5.99. The fourth-order valence-corrected chi connectivity index (χ4v) is 3.50. The van der Waals surface area contributed by atoms with Crippen LogP contribution in [0.3, 0.4) is 0 Å². The topological polar surface area (TPSA) is 83.6 Å². The standard InChI is InChI=1S/C18H26N4O3/c1-2-14-6-3-4-8-22(14)9-5-7-19-17(24)13-10-15-18(20-11-13)25-12-16(23)21-15/h10-11,14H,2-9,12H2,1H3,(H,19,24)(H,21,23). The van der Waals surface area contributed by atoms with Crippen LogP contribution in [0.1, 0.15) is 49.4 Å². The molecular formula is C18H26N4O3. The Bertz CT molecular complexity index is 635. The van der Waals surface area contributed by atoms with Gasteiger partial charge in [0.15, 0.2) is 6.61 Å². The first-order valence-corrected chi connectivity index (χ1v) is 9.12. The van der Waals surface area contributed by atoms with Crippen molar-refractivity contribution in [3.05, 3.63) is 17.8 Å². The minimum atomic E-state index is -0.237. The number of rotatable bonds is 6. The first-order chi connectivity index (χ1) is 12.2. The van der Waals surface area contributed by atoms with Crippen molar-refractivity contribution in [3.8, 4) is 5.88 Å². The third-order valence-corrected chi connectivity index (χ3v) is 4.86. The van der Waals surface area contributed by atoms with Crippen molar-refractivity contribution in [1.82, 2.24) is 15.2 Å². The van der Waals surface area contributed by atoms with E-state index < -0.39 is 0 Å². The summed E-state index contributed by atoms with van der Waals surface area (Å²) in [6, 6.07) is 2.30. The van der Waals surface area contributed by atoms with Crippen LogP contribution in [-0.4, -0.2) is 54.0 Å². The van der Waals surface area contributed by atoms with Gasteiger partial charge in [-0.1, -0.05) is 13.3 Å². The molecule has 25 heavy (non-hydrogen) atoms. The van der Waals surface area contributed by atoms with Gasteiger partial charge in [-0.2, -0.15) is 0 Å². The highest BCUT2D eigenvalue weighted by Gasteiger charge is 2.21. The van der Waals surface area contributed by atoms with Gasteiger partial charge in [0.1, 0.15) is 5.69 Å². The van der Waals surface area contributed by atoms with Crippen molar-refractivity contribution >= 4 is 17.5 Å². The summed E-state index contributed by atoms with van der Waals surface area (Å²) in [6.07, 6.45) is 7.50. The maximum Gasteiger partial charge on any atom is 0.262 e. The number of pyridine rings is 1. The third kappa shape index (κ3) is 4.48. The Labute approximate surface area is 148 Å². The molecule has 3 heterocycles. The predicted molar refractivity (Wildman–Crippen MR) is 94.8 cm³/mol. The quantitative estimate of drug-likeness (QED) is 0.768. The lowest BCUT2D eigenvalue weighted by atomic mass is 10.00. The zero-order chi connectivity index (χ0) is 17.6. The van der Waals surface area contributed by atoms with Crippen molar-refractivity contribution in [3.63, 3.8) is 0 Å². The molecule has 1 atom stereocenters. The van der Waals surface area contributed by atoms with Gasteiger partial charge in [-0.15, -0.1) is 0 Å². The fourth-order valence-electron chi connectivity index (χ4n) is 3.50. The Balaban J connectivity index is 1.46. The number of hydrogen-bond donors (Lipinski definition) is 2. The molecule has 0 radical (unpaired) electrons. The molecule has 0 aliphatic carbocycles. The number of ether oxygens (including phenoxy) is 1. The number of aromatic nitrogens is 1. The summed E-state index contributed by atoms with van der Waals surface area (Å²) in [5.74, 6) is -0.0634. The van der Waals surface area contributed by atoms with Gasteiger partial charge in [-0.3, -0.25) is 9.59 Å². The molecule has 1 saturated heterocycles. The normalized spacial score (nSPS) is 20.4. The van der Waals surface area contributed by atoms with Gasteiger partial charge < -0.3 is 20.3 Å². The summed E-state index contributed by atoms with van der Waals surface area (Å²) in [7, 11) is 0. The number of hydrogen-bond acceptors (Lipinski definition) is 5. The second-order valence-electron chi connectivity index (χ2n) is 6.62. The molecular weight excluding hydrogens is 320 g/mol. The summed E-state index contributed by atoms with van der Waals surface area (Å²) in [5.41, 5.74) is 0.872. The Morgan fingerprint density at radius 2 is 2.36 bits per heavy atom. The number of likely N-dealkylation sites (tertiary alicyclic amines) is 1. The van der Waals surface area contributed by atoms with E-state index in [0.29, 0.717) is 29.7 Å². The molecule has 3 rings (SSSR count). The van der Waals surface area contributed by atoms with Crippen LogP contribution in [0.4, 0.5) is 5.69 Å². The molecule has 7 heteroatoms. The van der Waals surface area contributed by atoms with E-state index in [2.05, 4.69) is 27.4 Å². The number of nitrogens with zero attached hydrogens (tertiary/aromatic N) is 2. The summed E-state index contributed by atoms with van der Waals surface area (Å²) in [5, 5.41) is 5.59. The molecule has 1 aromatic heterocycles. The van der Waals surface area contributed by atoms with Crippen molar-refractivity contribution in [2.75, 3.05) is 31.6 Å². The van der Waals surface area contributed by atoms with Crippen molar-refractivity contribution in [2.24, 2.45) is 0 Å². The molecule has 0 spiro atoms. The largest absolute Gasteiger partial charge is 0.466 e. The molecule has 2 N–H and O–H groups in total. The molecule has 2 amide bonds. The lowest BCUT2D eigenvalue weighted by molar-refractivity contribution is -0.118. The third-order valence-electron chi connectivity index (χ3n) is 4.86. The Kier molecular flexibility index (Phi) is 5.86. The Morgan fingerprint density at radius 1 is 1.48 bits per heavy atom. The van der Waals surface area contributed by atoms with E-state index in [1.807, 2.05) is 0 Å². The predicted octanol–water partition coefficient (Wildman–Crippen LogP) is 1.80. The van der Waals surface area contributed by atoms with Crippen molar-refractivity contribution in [2.45, 2.75) is 45.1 Å². The monoisotopic (exact) mass is 346 g/mol. The average Bonchev–Trinajstić information content (AvgIpc) is 2.64. The van der Waals surface area contributed by atoms with Crippen LogP contribution >= 0.6 is 0 Å². The number of amides is 2. The number of piperidine rings is 1. The molecule has 2 aliphatic heterocycles. The minimum Gasteiger partial charge on any atom is -0.466 e. The van der Waals surface area contributed by atoms with Crippen LogP contribution < -0.4 is 15.4 Å². The zero-order valence-corrected chi connectivity index (χ0v) is 14.7. The molecule has 7 nitrogen and oxygen atoms in total. The molecule has 1 unspecified atom stereocenters. The van der Waals surface area contributed by atoms with E-state index >= 15 is 0 Å². The summed E-state index contributed by atoms with van der Waals surface area (Å²) >= 11 is 0. The highest BCUT2D eigenvalue weighted by atomic mass is 16.5. The molecule has 2 aliphatic rings. The Hall–Kier alpha value is -2.15. The average molecular weight is 346 g/mol. The van der Waals surface area contributed by atoms with Gasteiger partial charge in [0.25, 0.3) is 11.8 Å². The maximum atomic E-state index is 12.3. The first kappa shape index (κ1) is 17.7. The van der Waals surface area contributed by atoms with Crippen LogP contribution in [0.5, 0.6) is 5.88 Å². The van der Waals surface area contributed by atoms with Gasteiger partial charge in [-0.05, 0) is 38.3 Å². The van der Waals surface area contributed by atoms with Gasteiger partial charge in [0.05, 0.1) is 5.56 Å². The summed E-state index contributed by atoms with van der Waals surface area (Å²) < 4.78 is 5.20. The van der Waals surface area contributed by atoms with Gasteiger partial charge in [-0.25, -0.2) is 4.98 Å². The van der Waals surface area contributed by atoms with E-state index in [1.54, 1.807) is 6.07 Å². The maximum absolute atomic E-state index is 12.3. The second kappa shape index (κ2) is 8.29. The molecule has 136 valence electrons. The molecule has 0 bridgehead atoms. The number of anilines is 1. The Morgan fingerprint density at radius 3 is 3.20 bits per heavy atom. The number of carbonyl (C=O) groups is 2. The van der Waals surface area contributed by atoms with E-state index in [9.17, 15) is 9.59 Å². The highest BCUT2D eigenvalue weighted by Crippen LogP contribution is 2.25. The number of nitrogens with one attached hydrogen (secondary N) is 2. The smallest absolute Gasteiger partial charge is 0.262 e. The van der Waals surface area contributed by atoms with Gasteiger partial charge in [0, 0.05) is 25.3 Å². The lowest BCUT2D eigenvalue weighted by Gasteiger charge is -2.35. The summed E-state index contributed by atoms with van der Waals surface area (Å²) in [4.78, 5) is 30.3. The molecule has 0 aromatic carbocycles. The molecule has 0 saturated carbocycles. The summed E-state index contributed by atoms with van der Waals surface area (Å²) in [6.45, 7) is 5.02. The minimum absolute atomic E-state index is 0.0409. The van der Waals surface area contributed by atoms with Gasteiger partial charge >= 0.3 is 0 Å². The van der Waals surface area contributed by atoms with Crippen LogP contribution in [-0.2, 0) is 4.79 Å². The van der Waals surface area contributed by atoms with Crippen LogP contribution in [0, 0.1) is 0 Å². The van der Waals surface area contributed by atoms with E-state index in [4.69, 9.17) is 4.74 Å². The fraction of sp³-hybridized carbons (Fsp3) is 0.611. The van der Waals surface area contributed by atoms with E-state index in [-0.39, 0.29) is 18.4 Å². The van der Waals surface area contributed by atoms with Crippen molar-refractivity contribution < 1.29 is 14.3 Å².